The SMILES string of the molecule is COc1ccc(N2CC[NH+](CC(=O)c3c(C)[nH]c4ccc(OC)cc34)C[C@@H]2C)cc1. The molecule has 0 amide bonds. The number of H-pyrrole nitrogens is 1. The summed E-state index contributed by atoms with van der Waals surface area (Å²) in [7, 11) is 3.33. The van der Waals surface area contributed by atoms with Gasteiger partial charge in [0.15, 0.2) is 0 Å². The minimum Gasteiger partial charge on any atom is -0.497 e. The van der Waals surface area contributed by atoms with Gasteiger partial charge >= 0.3 is 0 Å². The van der Waals surface area contributed by atoms with E-state index in [1.54, 1.807) is 14.2 Å². The zero-order valence-corrected chi connectivity index (χ0v) is 18.1. The van der Waals surface area contributed by atoms with Crippen LogP contribution < -0.4 is 19.3 Å². The number of Topliss-reactive ketones (excluding diaryl/α,β-unsaturated/α-hetero) is 1. The molecule has 0 aliphatic carbocycles. The molecule has 1 aliphatic rings. The van der Waals surface area contributed by atoms with Crippen molar-refractivity contribution in [2.24, 2.45) is 0 Å². The predicted octanol–water partition coefficient (Wildman–Crippen LogP) is 2.47. The summed E-state index contributed by atoms with van der Waals surface area (Å²) in [6.45, 7) is 7.51. The van der Waals surface area contributed by atoms with Gasteiger partial charge in [-0.3, -0.25) is 4.79 Å². The van der Waals surface area contributed by atoms with Crippen LogP contribution in [0, 0.1) is 6.92 Å². The van der Waals surface area contributed by atoms with E-state index in [0.717, 1.165) is 53.3 Å². The number of aryl methyl sites for hydroxylation is 1. The van der Waals surface area contributed by atoms with Gasteiger partial charge < -0.3 is 24.3 Å². The molecule has 2 atom stereocenters. The molecule has 1 aliphatic heterocycles. The number of hydrogen-bond acceptors (Lipinski definition) is 4. The summed E-state index contributed by atoms with van der Waals surface area (Å²) >= 11 is 0. The number of quaternary nitrogens is 1. The number of ether oxygens (including phenoxy) is 2. The molecule has 2 N–H and O–H groups in total. The van der Waals surface area contributed by atoms with Crippen LogP contribution in [0.2, 0.25) is 0 Å². The summed E-state index contributed by atoms with van der Waals surface area (Å²) in [5, 5.41) is 0.946. The van der Waals surface area contributed by atoms with Crippen LogP contribution in [0.1, 0.15) is 23.0 Å². The van der Waals surface area contributed by atoms with Gasteiger partial charge in [-0.1, -0.05) is 0 Å². The number of benzene rings is 2. The Morgan fingerprint density at radius 1 is 1.13 bits per heavy atom. The lowest BCUT2D eigenvalue weighted by atomic mass is 10.0. The Morgan fingerprint density at radius 2 is 1.83 bits per heavy atom. The minimum atomic E-state index is 0.187. The molecule has 1 fully saturated rings. The van der Waals surface area contributed by atoms with E-state index in [1.165, 1.54) is 10.6 Å². The van der Waals surface area contributed by atoms with Gasteiger partial charge in [0.1, 0.15) is 18.0 Å². The first-order valence-electron chi connectivity index (χ1n) is 10.4. The topological polar surface area (TPSA) is 59.0 Å². The van der Waals surface area contributed by atoms with Crippen molar-refractivity contribution in [2.45, 2.75) is 19.9 Å². The van der Waals surface area contributed by atoms with Gasteiger partial charge in [0, 0.05) is 22.3 Å². The van der Waals surface area contributed by atoms with Crippen LogP contribution in [-0.2, 0) is 0 Å². The smallest absolute Gasteiger partial charge is 0.219 e. The monoisotopic (exact) mass is 408 g/mol. The standard InChI is InChI=1S/C24H29N3O3/c1-16-14-26(11-12-27(16)18-5-7-19(29-3)8-6-18)15-23(28)24-17(2)25-22-10-9-20(30-4)13-21(22)24/h5-10,13,16,25H,11-12,14-15H2,1-4H3/p+1/t16-/m0/s1. The third-order valence-electron chi connectivity index (χ3n) is 6.11. The second kappa shape index (κ2) is 8.40. The molecule has 2 aromatic carbocycles. The maximum Gasteiger partial charge on any atom is 0.219 e. The molecule has 6 heteroatoms. The zero-order valence-electron chi connectivity index (χ0n) is 18.1. The number of ketones is 1. The molecule has 0 spiro atoms. The van der Waals surface area contributed by atoms with Crippen LogP contribution in [0.25, 0.3) is 10.9 Å². The minimum absolute atomic E-state index is 0.187. The fourth-order valence-electron chi connectivity index (χ4n) is 4.55. The maximum atomic E-state index is 13.2. The van der Waals surface area contributed by atoms with E-state index in [2.05, 4.69) is 28.9 Å². The van der Waals surface area contributed by atoms with Crippen LogP contribution in [-0.4, -0.2) is 57.2 Å². The van der Waals surface area contributed by atoms with Crippen LogP contribution in [0.3, 0.4) is 0 Å². The molecule has 1 aromatic heterocycles. The molecule has 4 rings (SSSR count). The fraction of sp³-hybridized carbons (Fsp3) is 0.375. The highest BCUT2D eigenvalue weighted by molar-refractivity contribution is 6.10. The van der Waals surface area contributed by atoms with E-state index in [9.17, 15) is 4.79 Å². The molecule has 158 valence electrons. The summed E-state index contributed by atoms with van der Waals surface area (Å²) in [6.07, 6.45) is 0. The highest BCUT2D eigenvalue weighted by atomic mass is 16.5. The molecular formula is C24H30N3O3+. The van der Waals surface area contributed by atoms with Gasteiger partial charge in [-0.05, 0) is 56.3 Å². The third kappa shape index (κ3) is 3.87. The highest BCUT2D eigenvalue weighted by Gasteiger charge is 2.29. The molecule has 6 nitrogen and oxygen atoms in total. The number of aromatic nitrogens is 1. The van der Waals surface area contributed by atoms with Gasteiger partial charge in [-0.2, -0.15) is 0 Å². The van der Waals surface area contributed by atoms with Gasteiger partial charge in [-0.25, -0.2) is 0 Å². The maximum absolute atomic E-state index is 13.2. The first kappa shape index (κ1) is 20.3. The number of nitrogens with zero attached hydrogens (tertiary/aromatic N) is 1. The lowest BCUT2D eigenvalue weighted by molar-refractivity contribution is -0.894. The van der Waals surface area contributed by atoms with Crippen molar-refractivity contribution in [3.05, 3.63) is 53.7 Å². The van der Waals surface area contributed by atoms with E-state index < -0.39 is 0 Å². The number of fused-ring (bicyclic) bond motifs is 1. The van der Waals surface area contributed by atoms with E-state index in [0.29, 0.717) is 12.6 Å². The highest BCUT2D eigenvalue weighted by Crippen LogP contribution is 2.26. The second-order valence-corrected chi connectivity index (χ2v) is 8.08. The fourth-order valence-corrected chi connectivity index (χ4v) is 4.55. The number of rotatable bonds is 6. The molecular weight excluding hydrogens is 378 g/mol. The Kier molecular flexibility index (Phi) is 5.68. The van der Waals surface area contributed by atoms with E-state index in [4.69, 9.17) is 9.47 Å². The lowest BCUT2D eigenvalue weighted by Crippen LogP contribution is -3.16. The van der Waals surface area contributed by atoms with Crippen molar-refractivity contribution < 1.29 is 19.2 Å². The summed E-state index contributed by atoms with van der Waals surface area (Å²) < 4.78 is 10.6. The molecule has 0 radical (unpaired) electrons. The van der Waals surface area contributed by atoms with Gasteiger partial charge in [-0.15, -0.1) is 0 Å². The van der Waals surface area contributed by atoms with Crippen molar-refractivity contribution in [1.29, 1.82) is 0 Å². The number of nitrogens with one attached hydrogen (secondary N) is 2. The number of carbonyl (C=O) groups is 1. The second-order valence-electron chi connectivity index (χ2n) is 8.08. The van der Waals surface area contributed by atoms with E-state index in [1.807, 2.05) is 37.3 Å². The number of hydrogen-bond donors (Lipinski definition) is 2. The Hall–Kier alpha value is -2.99. The van der Waals surface area contributed by atoms with Gasteiger partial charge in [0.25, 0.3) is 0 Å². The summed E-state index contributed by atoms with van der Waals surface area (Å²) in [6, 6.07) is 14.4. The zero-order chi connectivity index (χ0) is 21.3. The first-order chi connectivity index (χ1) is 14.5. The third-order valence-corrected chi connectivity index (χ3v) is 6.11. The number of aromatic amines is 1. The summed E-state index contributed by atoms with van der Waals surface area (Å²) in [4.78, 5) is 20.3. The van der Waals surface area contributed by atoms with Crippen LogP contribution in [0.4, 0.5) is 5.69 Å². The average molecular weight is 409 g/mol. The Balaban J connectivity index is 1.46. The summed E-state index contributed by atoms with van der Waals surface area (Å²) in [5.74, 6) is 1.82. The molecule has 1 saturated heterocycles. The predicted molar refractivity (Wildman–Crippen MR) is 119 cm³/mol. The van der Waals surface area contributed by atoms with Crippen molar-refractivity contribution in [3.63, 3.8) is 0 Å². The molecule has 3 aromatic rings. The largest absolute Gasteiger partial charge is 0.497 e. The number of piperazine rings is 1. The first-order valence-corrected chi connectivity index (χ1v) is 10.4. The Bertz CT molecular complexity index is 1040. The Morgan fingerprint density at radius 3 is 2.50 bits per heavy atom. The van der Waals surface area contributed by atoms with Crippen molar-refractivity contribution in [1.82, 2.24) is 4.98 Å². The number of anilines is 1. The lowest BCUT2D eigenvalue weighted by Gasteiger charge is -2.38. The molecule has 2 heterocycles. The van der Waals surface area contributed by atoms with Crippen molar-refractivity contribution in [2.75, 3.05) is 45.3 Å². The normalized spacial score (nSPS) is 19.1. The van der Waals surface area contributed by atoms with Gasteiger partial charge in [0.05, 0.1) is 45.5 Å². The molecule has 30 heavy (non-hydrogen) atoms. The number of carbonyl (C=O) groups excluding carboxylic acids is 1. The van der Waals surface area contributed by atoms with Crippen LogP contribution in [0.5, 0.6) is 11.5 Å². The molecule has 0 bridgehead atoms. The Labute approximate surface area is 177 Å². The summed E-state index contributed by atoms with van der Waals surface area (Å²) in [5.41, 5.74) is 3.90. The van der Waals surface area contributed by atoms with Crippen LogP contribution >= 0.6 is 0 Å². The molecule has 0 saturated carbocycles. The number of methoxy groups -OCH3 is 2. The van der Waals surface area contributed by atoms with Crippen LogP contribution in [0.15, 0.2) is 42.5 Å². The van der Waals surface area contributed by atoms with Crippen molar-refractivity contribution in [3.8, 4) is 11.5 Å². The van der Waals surface area contributed by atoms with E-state index >= 15 is 0 Å². The van der Waals surface area contributed by atoms with Crippen molar-refractivity contribution >= 4 is 22.4 Å². The average Bonchev–Trinajstić information content (AvgIpc) is 3.08. The van der Waals surface area contributed by atoms with Gasteiger partial charge in [0.2, 0.25) is 5.78 Å². The van der Waals surface area contributed by atoms with E-state index in [-0.39, 0.29) is 5.78 Å². The molecule has 1 unspecified atom stereocenters. The quantitative estimate of drug-likeness (QED) is 0.616.